The van der Waals surface area contributed by atoms with Crippen molar-refractivity contribution in [2.24, 2.45) is 0 Å². The van der Waals surface area contributed by atoms with Gasteiger partial charge in [0.2, 0.25) is 0 Å². The van der Waals surface area contributed by atoms with E-state index in [-0.39, 0.29) is 34.5 Å². The number of ether oxygens (including phenoxy) is 3. The van der Waals surface area contributed by atoms with E-state index in [1.807, 2.05) is 6.07 Å². The molecule has 2 rings (SSSR count). The van der Waals surface area contributed by atoms with Crippen LogP contribution in [0.5, 0.6) is 11.5 Å². The monoisotopic (exact) mass is 540 g/mol. The zero-order valence-corrected chi connectivity index (χ0v) is 20.3. The average Bonchev–Trinajstić information content (AvgIpc) is 2.75. The first kappa shape index (κ1) is 25.5. The highest BCUT2D eigenvalue weighted by atomic mass is 79.9. The van der Waals surface area contributed by atoms with Crippen LogP contribution in [0.25, 0.3) is 6.08 Å². The summed E-state index contributed by atoms with van der Waals surface area (Å²) in [6.45, 7) is 3.76. The molecule has 0 aromatic heterocycles. The minimum atomic E-state index is -0.659. The summed E-state index contributed by atoms with van der Waals surface area (Å²) in [5.74, 6) is -0.555. The third-order valence-electron chi connectivity index (χ3n) is 3.85. The molecular formula is C22H19BrCl2N2O5. The summed E-state index contributed by atoms with van der Waals surface area (Å²) in [5, 5.41) is 12.5. The molecule has 0 aliphatic rings. The Kier molecular flexibility index (Phi) is 9.85. The zero-order valence-electron chi connectivity index (χ0n) is 17.2. The van der Waals surface area contributed by atoms with Crippen LogP contribution < -0.4 is 14.8 Å². The van der Waals surface area contributed by atoms with E-state index in [1.165, 1.54) is 6.08 Å². The molecule has 0 radical (unpaired) electrons. The minimum Gasteiger partial charge on any atom is -0.490 e. The molecule has 0 aliphatic heterocycles. The molecular weight excluding hydrogens is 523 g/mol. The van der Waals surface area contributed by atoms with Gasteiger partial charge < -0.3 is 19.5 Å². The van der Waals surface area contributed by atoms with E-state index >= 15 is 0 Å². The van der Waals surface area contributed by atoms with Gasteiger partial charge in [0.05, 0.1) is 33.4 Å². The van der Waals surface area contributed by atoms with Crippen molar-refractivity contribution in [3.8, 4) is 17.6 Å². The minimum absolute atomic E-state index is 0.171. The Bertz CT molecular complexity index is 1080. The van der Waals surface area contributed by atoms with Crippen molar-refractivity contribution in [3.63, 3.8) is 0 Å². The Balaban J connectivity index is 2.31. The van der Waals surface area contributed by atoms with Crippen LogP contribution in [0.4, 0.5) is 5.69 Å². The van der Waals surface area contributed by atoms with Crippen molar-refractivity contribution < 1.29 is 23.8 Å². The van der Waals surface area contributed by atoms with Crippen LogP contribution in [0.15, 0.2) is 40.4 Å². The number of carbonyl (C=O) groups is 2. The van der Waals surface area contributed by atoms with Crippen LogP contribution in [0.1, 0.15) is 19.4 Å². The van der Waals surface area contributed by atoms with Crippen molar-refractivity contribution in [2.75, 3.05) is 25.1 Å². The number of hydrogen-bond donors (Lipinski definition) is 1. The molecule has 2 aromatic rings. The van der Waals surface area contributed by atoms with Gasteiger partial charge in [0.25, 0.3) is 5.91 Å². The van der Waals surface area contributed by atoms with Crippen LogP contribution >= 0.6 is 39.1 Å². The van der Waals surface area contributed by atoms with Crippen molar-refractivity contribution in [3.05, 3.63) is 56.0 Å². The number of amides is 1. The van der Waals surface area contributed by atoms with E-state index in [9.17, 15) is 14.9 Å². The van der Waals surface area contributed by atoms with Gasteiger partial charge in [-0.3, -0.25) is 4.79 Å². The summed E-state index contributed by atoms with van der Waals surface area (Å²) in [6.07, 6.45) is 1.39. The second-order valence-corrected chi connectivity index (χ2v) is 7.72. The summed E-state index contributed by atoms with van der Waals surface area (Å²) >= 11 is 15.4. The molecule has 32 heavy (non-hydrogen) atoms. The number of hydrogen-bond acceptors (Lipinski definition) is 6. The SMILES string of the molecule is CCOC(=O)COc1c(Br)cc(/C=C(/C#N)C(=O)Nc2cccc(Cl)c2Cl)cc1OCC. The summed E-state index contributed by atoms with van der Waals surface area (Å²) in [4.78, 5) is 24.2. The molecule has 0 spiro atoms. The average molecular weight is 542 g/mol. The predicted molar refractivity (Wildman–Crippen MR) is 126 cm³/mol. The highest BCUT2D eigenvalue weighted by molar-refractivity contribution is 9.10. The first-order chi connectivity index (χ1) is 15.3. The Morgan fingerprint density at radius 1 is 1.19 bits per heavy atom. The third kappa shape index (κ3) is 6.89. The number of nitriles is 1. The maximum absolute atomic E-state index is 12.6. The molecule has 0 heterocycles. The quantitative estimate of drug-likeness (QED) is 0.250. The lowest BCUT2D eigenvalue weighted by Crippen LogP contribution is -2.15. The number of benzene rings is 2. The first-order valence-corrected chi connectivity index (χ1v) is 11.0. The molecule has 0 aliphatic carbocycles. The fraction of sp³-hybridized carbons (Fsp3) is 0.227. The van der Waals surface area contributed by atoms with Gasteiger partial charge in [-0.25, -0.2) is 4.79 Å². The first-order valence-electron chi connectivity index (χ1n) is 9.42. The van der Waals surface area contributed by atoms with E-state index in [4.69, 9.17) is 37.4 Å². The number of esters is 1. The largest absolute Gasteiger partial charge is 0.490 e. The molecule has 1 N–H and O–H groups in total. The molecule has 10 heteroatoms. The van der Waals surface area contributed by atoms with Crippen LogP contribution in [0, 0.1) is 11.3 Å². The number of nitrogens with one attached hydrogen (secondary N) is 1. The highest BCUT2D eigenvalue weighted by Crippen LogP contribution is 2.37. The molecule has 0 unspecified atom stereocenters. The molecule has 2 aromatic carbocycles. The molecule has 7 nitrogen and oxygen atoms in total. The van der Waals surface area contributed by atoms with Crippen molar-refractivity contribution in [2.45, 2.75) is 13.8 Å². The molecule has 0 saturated carbocycles. The number of anilines is 1. The predicted octanol–water partition coefficient (Wildman–Crippen LogP) is 5.64. The molecule has 0 saturated heterocycles. The van der Waals surface area contributed by atoms with Gasteiger partial charge in [-0.1, -0.05) is 29.3 Å². The Morgan fingerprint density at radius 3 is 2.59 bits per heavy atom. The Morgan fingerprint density at radius 2 is 1.94 bits per heavy atom. The summed E-state index contributed by atoms with van der Waals surface area (Å²) < 4.78 is 16.5. The molecule has 0 fully saturated rings. The maximum Gasteiger partial charge on any atom is 0.344 e. The van der Waals surface area contributed by atoms with Gasteiger partial charge >= 0.3 is 5.97 Å². The number of nitrogens with zero attached hydrogens (tertiary/aromatic N) is 1. The van der Waals surface area contributed by atoms with Crippen LogP contribution in [0.2, 0.25) is 10.0 Å². The normalized spacial score (nSPS) is 10.8. The van der Waals surface area contributed by atoms with Crippen molar-refractivity contribution in [1.82, 2.24) is 0 Å². The molecule has 168 valence electrons. The molecule has 0 atom stereocenters. The fourth-order valence-corrected chi connectivity index (χ4v) is 3.44. The lowest BCUT2D eigenvalue weighted by molar-refractivity contribution is -0.145. The van der Waals surface area contributed by atoms with Crippen molar-refractivity contribution in [1.29, 1.82) is 5.26 Å². The fourth-order valence-electron chi connectivity index (χ4n) is 2.51. The second kappa shape index (κ2) is 12.3. The topological polar surface area (TPSA) is 97.7 Å². The second-order valence-electron chi connectivity index (χ2n) is 6.08. The van der Waals surface area contributed by atoms with Crippen LogP contribution in [-0.2, 0) is 14.3 Å². The molecule has 1 amide bonds. The van der Waals surface area contributed by atoms with Gasteiger partial charge in [-0.15, -0.1) is 0 Å². The third-order valence-corrected chi connectivity index (χ3v) is 5.26. The van der Waals surface area contributed by atoms with Gasteiger partial charge in [0.1, 0.15) is 11.6 Å². The van der Waals surface area contributed by atoms with E-state index in [0.29, 0.717) is 28.1 Å². The number of rotatable bonds is 9. The smallest absolute Gasteiger partial charge is 0.344 e. The summed E-state index contributed by atoms with van der Waals surface area (Å²) in [5.41, 5.74) is 0.604. The number of carbonyl (C=O) groups excluding carboxylic acids is 2. The van der Waals surface area contributed by atoms with Crippen LogP contribution in [0.3, 0.4) is 0 Å². The van der Waals surface area contributed by atoms with Gasteiger partial charge in [0, 0.05) is 0 Å². The van der Waals surface area contributed by atoms with Gasteiger partial charge in [-0.2, -0.15) is 5.26 Å². The van der Waals surface area contributed by atoms with E-state index < -0.39 is 11.9 Å². The number of halogens is 3. The van der Waals surface area contributed by atoms with Gasteiger partial charge in [-0.05, 0) is 65.7 Å². The Hall–Kier alpha value is -2.73. The van der Waals surface area contributed by atoms with Crippen LogP contribution in [-0.4, -0.2) is 31.7 Å². The summed E-state index contributed by atoms with van der Waals surface area (Å²) in [7, 11) is 0. The lowest BCUT2D eigenvalue weighted by Gasteiger charge is -2.14. The van der Waals surface area contributed by atoms with E-state index in [1.54, 1.807) is 44.2 Å². The maximum atomic E-state index is 12.6. The highest BCUT2D eigenvalue weighted by Gasteiger charge is 2.17. The van der Waals surface area contributed by atoms with Gasteiger partial charge in [0.15, 0.2) is 18.1 Å². The molecule has 0 bridgehead atoms. The standard InChI is InChI=1S/C22H19BrCl2N2O5/c1-3-30-18-10-13(9-15(23)21(18)32-12-19(28)31-4-2)8-14(11-26)22(29)27-17-7-5-6-16(24)20(17)25/h5-10H,3-4,12H2,1-2H3,(H,27,29)/b14-8-. The zero-order chi connectivity index (χ0) is 23.7. The summed E-state index contributed by atoms with van der Waals surface area (Å²) in [6, 6.07) is 9.86. The van der Waals surface area contributed by atoms with E-state index in [2.05, 4.69) is 21.2 Å². The van der Waals surface area contributed by atoms with E-state index in [0.717, 1.165) is 0 Å². The Labute approximate surface area is 204 Å². The van der Waals surface area contributed by atoms with Crippen molar-refractivity contribution >= 4 is 62.8 Å². The lowest BCUT2D eigenvalue weighted by atomic mass is 10.1.